The van der Waals surface area contributed by atoms with Crippen LogP contribution >= 0.6 is 0 Å². The molecular weight excluding hydrogens is 356 g/mol. The first kappa shape index (κ1) is 19.1. The van der Waals surface area contributed by atoms with Gasteiger partial charge in [0.2, 0.25) is 0 Å². The molecule has 1 heterocycles. The van der Waals surface area contributed by atoms with Gasteiger partial charge < -0.3 is 20.1 Å². The highest BCUT2D eigenvalue weighted by Gasteiger charge is 2.68. The van der Waals surface area contributed by atoms with Crippen LogP contribution in [0.25, 0.3) is 0 Å². The number of ether oxygens (including phenoxy) is 1. The van der Waals surface area contributed by atoms with Crippen LogP contribution in [0.2, 0.25) is 0 Å². The molecule has 0 saturated heterocycles. The molecule has 0 radical (unpaired) electrons. The number of carbonyl (C=O) groups excluding carboxylic acids is 1. The summed E-state index contributed by atoms with van der Waals surface area (Å²) in [5.41, 5.74) is -0.0431. The SMILES string of the molecule is C[C@]12CCC3[C@@H](CC[C@@H]4C[C@@H](O)CC[C@]34CO)[C@@]1(O)CC[C@@H]2C1=CC(=O)OC1. The molecule has 1 unspecified atom stereocenters. The van der Waals surface area contributed by atoms with E-state index in [0.717, 1.165) is 63.4 Å². The lowest BCUT2D eigenvalue weighted by Crippen LogP contribution is -2.63. The Kier molecular flexibility index (Phi) is 4.29. The lowest BCUT2D eigenvalue weighted by atomic mass is 9.43. The van der Waals surface area contributed by atoms with Gasteiger partial charge >= 0.3 is 5.97 Å². The van der Waals surface area contributed by atoms with Crippen molar-refractivity contribution in [1.82, 2.24) is 0 Å². The molecule has 0 aromatic heterocycles. The predicted octanol–water partition coefficient (Wildman–Crippen LogP) is 2.58. The lowest BCUT2D eigenvalue weighted by molar-refractivity contribution is -0.219. The van der Waals surface area contributed by atoms with Crippen molar-refractivity contribution in [3.05, 3.63) is 11.6 Å². The number of cyclic esters (lactones) is 1. The van der Waals surface area contributed by atoms with Crippen molar-refractivity contribution in [3.8, 4) is 0 Å². The highest BCUT2D eigenvalue weighted by atomic mass is 16.5. The van der Waals surface area contributed by atoms with Crippen LogP contribution in [0.1, 0.15) is 64.7 Å². The Morgan fingerprint density at radius 3 is 2.64 bits per heavy atom. The van der Waals surface area contributed by atoms with Crippen molar-refractivity contribution in [1.29, 1.82) is 0 Å². The van der Waals surface area contributed by atoms with E-state index < -0.39 is 5.60 Å². The fourth-order valence-electron chi connectivity index (χ4n) is 8.49. The van der Waals surface area contributed by atoms with Crippen molar-refractivity contribution in [2.24, 2.45) is 34.5 Å². The maximum absolute atomic E-state index is 12.1. The Bertz CT molecular complexity index is 703. The fourth-order valence-corrected chi connectivity index (χ4v) is 8.49. The standard InChI is InChI=1S/C23H34O5/c1-21-7-5-18-19(3-2-15-11-16(25)4-8-22(15,18)13-24)23(21,27)9-6-17(21)14-10-20(26)28-12-14/h10,15-19,24-25,27H,2-9,11-13H2,1H3/t15-,16+,17-,18?,19-,21-,22-,23+/m1/s1. The van der Waals surface area contributed by atoms with E-state index >= 15 is 0 Å². The zero-order valence-electron chi connectivity index (χ0n) is 16.9. The summed E-state index contributed by atoms with van der Waals surface area (Å²) in [6.45, 7) is 2.78. The molecule has 0 spiro atoms. The first-order chi connectivity index (χ1) is 13.3. The van der Waals surface area contributed by atoms with Crippen LogP contribution < -0.4 is 0 Å². The van der Waals surface area contributed by atoms with Crippen LogP contribution in [-0.2, 0) is 9.53 Å². The van der Waals surface area contributed by atoms with Crippen molar-refractivity contribution < 1.29 is 24.9 Å². The van der Waals surface area contributed by atoms with Gasteiger partial charge in [-0.25, -0.2) is 4.79 Å². The van der Waals surface area contributed by atoms with Crippen molar-refractivity contribution in [2.45, 2.75) is 76.4 Å². The second-order valence-corrected chi connectivity index (χ2v) is 10.6. The molecule has 0 aromatic rings. The first-order valence-corrected chi connectivity index (χ1v) is 11.2. The van der Waals surface area contributed by atoms with E-state index in [9.17, 15) is 20.1 Å². The molecule has 4 saturated carbocycles. The molecule has 0 bridgehead atoms. The minimum Gasteiger partial charge on any atom is -0.458 e. The monoisotopic (exact) mass is 390 g/mol. The second kappa shape index (κ2) is 6.29. The van der Waals surface area contributed by atoms with E-state index in [1.54, 1.807) is 6.08 Å². The molecule has 5 heteroatoms. The van der Waals surface area contributed by atoms with Gasteiger partial charge in [0, 0.05) is 18.1 Å². The zero-order valence-corrected chi connectivity index (χ0v) is 16.9. The number of rotatable bonds is 2. The Morgan fingerprint density at radius 1 is 1.11 bits per heavy atom. The molecule has 1 aliphatic heterocycles. The van der Waals surface area contributed by atoms with Crippen LogP contribution in [0.4, 0.5) is 0 Å². The van der Waals surface area contributed by atoms with Crippen LogP contribution in [0, 0.1) is 34.5 Å². The lowest BCUT2D eigenvalue weighted by Gasteiger charge is -2.64. The van der Waals surface area contributed by atoms with E-state index in [4.69, 9.17) is 4.74 Å². The molecular formula is C23H34O5. The van der Waals surface area contributed by atoms with Gasteiger partial charge in [-0.15, -0.1) is 0 Å². The smallest absolute Gasteiger partial charge is 0.331 e. The largest absolute Gasteiger partial charge is 0.458 e. The fraction of sp³-hybridized carbons (Fsp3) is 0.870. The number of fused-ring (bicyclic) bond motifs is 5. The first-order valence-electron chi connectivity index (χ1n) is 11.2. The summed E-state index contributed by atoms with van der Waals surface area (Å²) in [4.78, 5) is 11.6. The van der Waals surface area contributed by atoms with Gasteiger partial charge in [-0.2, -0.15) is 0 Å². The Morgan fingerprint density at radius 2 is 1.93 bits per heavy atom. The van der Waals surface area contributed by atoms with E-state index in [-0.39, 0.29) is 41.3 Å². The molecule has 3 N–H and O–H groups in total. The molecule has 0 amide bonds. The van der Waals surface area contributed by atoms with Crippen molar-refractivity contribution in [3.63, 3.8) is 0 Å². The van der Waals surface area contributed by atoms with Crippen molar-refractivity contribution in [2.75, 3.05) is 13.2 Å². The number of aliphatic hydroxyl groups excluding tert-OH is 2. The summed E-state index contributed by atoms with van der Waals surface area (Å²) in [6, 6.07) is 0. The molecule has 8 atom stereocenters. The van der Waals surface area contributed by atoms with Crippen LogP contribution in [0.3, 0.4) is 0 Å². The minimum absolute atomic E-state index is 0.136. The molecule has 156 valence electrons. The highest BCUT2D eigenvalue weighted by molar-refractivity contribution is 5.85. The Hall–Kier alpha value is -0.910. The number of aliphatic hydroxyl groups is 3. The van der Waals surface area contributed by atoms with Gasteiger partial charge in [-0.1, -0.05) is 6.92 Å². The summed E-state index contributed by atoms with van der Waals surface area (Å²) < 4.78 is 5.19. The van der Waals surface area contributed by atoms with Crippen LogP contribution in [0.15, 0.2) is 11.6 Å². The quantitative estimate of drug-likeness (QED) is 0.631. The van der Waals surface area contributed by atoms with Gasteiger partial charge in [0.25, 0.3) is 0 Å². The summed E-state index contributed by atoms with van der Waals surface area (Å²) in [5, 5.41) is 32.8. The van der Waals surface area contributed by atoms with E-state index in [0.29, 0.717) is 18.4 Å². The topological polar surface area (TPSA) is 87.0 Å². The normalized spacial score (nSPS) is 53.1. The van der Waals surface area contributed by atoms with E-state index in [1.807, 2.05) is 0 Å². The third-order valence-electron chi connectivity index (χ3n) is 9.95. The number of hydrogen-bond donors (Lipinski definition) is 3. The van der Waals surface area contributed by atoms with Gasteiger partial charge in [0.05, 0.1) is 11.7 Å². The highest BCUT2D eigenvalue weighted by Crippen LogP contribution is 2.69. The minimum atomic E-state index is -0.740. The average Bonchev–Trinajstić information content (AvgIpc) is 3.22. The molecule has 28 heavy (non-hydrogen) atoms. The summed E-state index contributed by atoms with van der Waals surface area (Å²) in [7, 11) is 0. The molecule has 4 aliphatic carbocycles. The number of esters is 1. The Labute approximate surface area is 167 Å². The maximum atomic E-state index is 12.1. The molecule has 5 rings (SSSR count). The predicted molar refractivity (Wildman–Crippen MR) is 103 cm³/mol. The van der Waals surface area contributed by atoms with Gasteiger partial charge in [0.15, 0.2) is 0 Å². The third-order valence-corrected chi connectivity index (χ3v) is 9.95. The van der Waals surface area contributed by atoms with Gasteiger partial charge in [-0.3, -0.25) is 0 Å². The molecule has 5 nitrogen and oxygen atoms in total. The zero-order chi connectivity index (χ0) is 19.7. The summed E-state index contributed by atoms with van der Waals surface area (Å²) in [5.74, 6) is 0.866. The number of hydrogen-bond acceptors (Lipinski definition) is 5. The summed E-state index contributed by atoms with van der Waals surface area (Å²) in [6.07, 6.45) is 9.47. The van der Waals surface area contributed by atoms with Crippen LogP contribution in [-0.4, -0.2) is 46.2 Å². The van der Waals surface area contributed by atoms with Crippen molar-refractivity contribution >= 4 is 5.97 Å². The number of carbonyl (C=O) groups is 1. The molecule has 5 aliphatic rings. The maximum Gasteiger partial charge on any atom is 0.331 e. The summed E-state index contributed by atoms with van der Waals surface area (Å²) >= 11 is 0. The average molecular weight is 391 g/mol. The van der Waals surface area contributed by atoms with E-state index in [2.05, 4.69) is 6.92 Å². The van der Waals surface area contributed by atoms with Gasteiger partial charge in [0.1, 0.15) is 6.61 Å². The molecule has 4 fully saturated rings. The third kappa shape index (κ3) is 2.33. The van der Waals surface area contributed by atoms with Crippen LogP contribution in [0.5, 0.6) is 0 Å². The second-order valence-electron chi connectivity index (χ2n) is 10.6. The van der Waals surface area contributed by atoms with Gasteiger partial charge in [-0.05, 0) is 92.4 Å². The Balaban J connectivity index is 1.48. The van der Waals surface area contributed by atoms with E-state index in [1.165, 1.54) is 0 Å². The molecule has 0 aromatic carbocycles.